The lowest BCUT2D eigenvalue weighted by Gasteiger charge is -2.20. The molecule has 1 N–H and O–H groups in total. The first kappa shape index (κ1) is 17.2. The number of hydrogen-bond acceptors (Lipinski definition) is 3. The highest BCUT2D eigenvalue weighted by Gasteiger charge is 2.21. The van der Waals surface area contributed by atoms with E-state index in [0.29, 0.717) is 5.16 Å². The normalized spacial score (nSPS) is 12.0. The molecular formula is C19H18FN3OS. The molecule has 0 aliphatic rings. The first-order valence-electron chi connectivity index (χ1n) is 7.85. The van der Waals surface area contributed by atoms with Crippen LogP contribution in [-0.4, -0.2) is 28.2 Å². The average molecular weight is 355 g/mol. The van der Waals surface area contributed by atoms with Crippen LogP contribution < -0.4 is 4.90 Å². The monoisotopic (exact) mass is 355 g/mol. The van der Waals surface area contributed by atoms with Gasteiger partial charge in [0.05, 0.1) is 17.1 Å². The van der Waals surface area contributed by atoms with Crippen LogP contribution in [0.15, 0.2) is 66.0 Å². The van der Waals surface area contributed by atoms with E-state index >= 15 is 0 Å². The summed E-state index contributed by atoms with van der Waals surface area (Å²) in [4.78, 5) is 21.7. The van der Waals surface area contributed by atoms with Crippen LogP contribution in [0.1, 0.15) is 6.92 Å². The molecule has 0 fully saturated rings. The molecule has 0 saturated carbocycles. The minimum absolute atomic E-state index is 0.00377. The number of imidazole rings is 1. The van der Waals surface area contributed by atoms with Gasteiger partial charge in [0.1, 0.15) is 5.82 Å². The molecule has 6 heteroatoms. The van der Waals surface area contributed by atoms with Gasteiger partial charge < -0.3 is 9.88 Å². The number of aromatic nitrogens is 2. The first-order chi connectivity index (χ1) is 12.0. The lowest BCUT2D eigenvalue weighted by molar-refractivity contribution is -0.117. The number of para-hydroxylation sites is 1. The number of hydrogen-bond donors (Lipinski definition) is 1. The van der Waals surface area contributed by atoms with Crippen molar-refractivity contribution in [2.75, 3.05) is 11.9 Å². The predicted molar refractivity (Wildman–Crippen MR) is 99.2 cm³/mol. The second-order valence-electron chi connectivity index (χ2n) is 5.60. The molecule has 0 aliphatic heterocycles. The molecule has 3 aromatic rings. The molecule has 2 aromatic carbocycles. The van der Waals surface area contributed by atoms with Gasteiger partial charge in [-0.2, -0.15) is 0 Å². The number of thioether (sulfide) groups is 1. The van der Waals surface area contributed by atoms with Crippen molar-refractivity contribution in [1.29, 1.82) is 0 Å². The number of rotatable bonds is 5. The fourth-order valence-electron chi connectivity index (χ4n) is 2.41. The van der Waals surface area contributed by atoms with Gasteiger partial charge in [-0.25, -0.2) is 9.37 Å². The quantitative estimate of drug-likeness (QED) is 0.692. The van der Waals surface area contributed by atoms with Crippen LogP contribution in [0.5, 0.6) is 0 Å². The highest BCUT2D eigenvalue weighted by Crippen LogP contribution is 2.26. The Kier molecular flexibility index (Phi) is 5.19. The third-order valence-corrected chi connectivity index (χ3v) is 4.80. The van der Waals surface area contributed by atoms with E-state index in [2.05, 4.69) is 9.97 Å². The summed E-state index contributed by atoms with van der Waals surface area (Å²) in [5.74, 6) is -0.281. The van der Waals surface area contributed by atoms with Crippen molar-refractivity contribution in [3.63, 3.8) is 0 Å². The number of nitrogens with one attached hydrogen (secondary N) is 1. The van der Waals surface area contributed by atoms with Crippen molar-refractivity contribution < 1.29 is 9.18 Å². The van der Waals surface area contributed by atoms with E-state index in [9.17, 15) is 9.18 Å². The molecule has 1 unspecified atom stereocenters. The van der Waals surface area contributed by atoms with Crippen LogP contribution in [0.25, 0.3) is 11.3 Å². The van der Waals surface area contributed by atoms with Crippen LogP contribution in [0.3, 0.4) is 0 Å². The molecule has 0 radical (unpaired) electrons. The van der Waals surface area contributed by atoms with Gasteiger partial charge in [0, 0.05) is 12.7 Å². The summed E-state index contributed by atoms with van der Waals surface area (Å²) in [5.41, 5.74) is 2.49. The number of halogens is 1. The van der Waals surface area contributed by atoms with Gasteiger partial charge >= 0.3 is 0 Å². The zero-order valence-corrected chi connectivity index (χ0v) is 14.8. The molecule has 0 spiro atoms. The summed E-state index contributed by atoms with van der Waals surface area (Å²) < 4.78 is 13.0. The number of nitrogens with zero attached hydrogens (tertiary/aromatic N) is 2. The summed E-state index contributed by atoms with van der Waals surface area (Å²) in [6.07, 6.45) is 1.69. The van der Waals surface area contributed by atoms with Crippen molar-refractivity contribution in [3.05, 3.63) is 66.6 Å². The fourth-order valence-corrected chi connectivity index (χ4v) is 3.28. The summed E-state index contributed by atoms with van der Waals surface area (Å²) >= 11 is 1.36. The summed E-state index contributed by atoms with van der Waals surface area (Å²) in [5, 5.41) is 0.360. The second-order valence-corrected chi connectivity index (χ2v) is 6.93. The van der Waals surface area contributed by atoms with Gasteiger partial charge in [0.25, 0.3) is 0 Å². The zero-order valence-electron chi connectivity index (χ0n) is 13.9. The van der Waals surface area contributed by atoms with Gasteiger partial charge in [-0.1, -0.05) is 30.0 Å². The molecule has 1 amide bonds. The van der Waals surface area contributed by atoms with Crippen molar-refractivity contribution in [3.8, 4) is 11.3 Å². The Bertz CT molecular complexity index is 849. The first-order valence-corrected chi connectivity index (χ1v) is 8.73. The van der Waals surface area contributed by atoms with E-state index < -0.39 is 0 Å². The maximum absolute atomic E-state index is 13.0. The number of carbonyl (C=O) groups excluding carboxylic acids is 1. The lowest BCUT2D eigenvalue weighted by atomic mass is 10.2. The molecular weight excluding hydrogens is 337 g/mol. The largest absolute Gasteiger partial charge is 0.333 e. The Balaban J connectivity index is 1.68. The van der Waals surface area contributed by atoms with Gasteiger partial charge in [0.2, 0.25) is 5.91 Å². The molecule has 0 aliphatic carbocycles. The number of anilines is 1. The molecule has 0 bridgehead atoms. The minimum Gasteiger partial charge on any atom is -0.333 e. The van der Waals surface area contributed by atoms with Crippen molar-refractivity contribution in [2.24, 2.45) is 0 Å². The molecule has 0 saturated heterocycles. The fraction of sp³-hybridized carbons (Fsp3) is 0.158. The molecule has 3 rings (SSSR count). The third kappa shape index (κ3) is 4.09. The van der Waals surface area contributed by atoms with Crippen molar-refractivity contribution >= 4 is 23.4 Å². The standard InChI is InChI=1S/C19H18FN3OS/c1-13(18(24)23(2)16-6-4-3-5-7-16)25-19-21-12-17(22-19)14-8-10-15(20)11-9-14/h3-13H,1-2H3,(H,21,22). The van der Waals surface area contributed by atoms with Crippen LogP contribution in [-0.2, 0) is 4.79 Å². The molecule has 1 aromatic heterocycles. The Hall–Kier alpha value is -2.60. The highest BCUT2D eigenvalue weighted by atomic mass is 32.2. The van der Waals surface area contributed by atoms with E-state index in [0.717, 1.165) is 16.9 Å². The molecule has 1 atom stereocenters. The van der Waals surface area contributed by atoms with E-state index in [-0.39, 0.29) is 17.0 Å². The third-order valence-electron chi connectivity index (χ3n) is 3.82. The van der Waals surface area contributed by atoms with Crippen LogP contribution >= 0.6 is 11.8 Å². The van der Waals surface area contributed by atoms with E-state index in [1.165, 1.54) is 23.9 Å². The number of H-pyrrole nitrogens is 1. The summed E-state index contributed by atoms with van der Waals surface area (Å²) in [7, 11) is 1.76. The number of aromatic amines is 1. The van der Waals surface area contributed by atoms with Crippen molar-refractivity contribution in [1.82, 2.24) is 9.97 Å². The van der Waals surface area contributed by atoms with Gasteiger partial charge in [0.15, 0.2) is 5.16 Å². The highest BCUT2D eigenvalue weighted by molar-refractivity contribution is 8.00. The van der Waals surface area contributed by atoms with E-state index in [1.54, 1.807) is 30.3 Å². The molecule has 25 heavy (non-hydrogen) atoms. The summed E-state index contributed by atoms with van der Waals surface area (Å²) in [6.45, 7) is 1.85. The topological polar surface area (TPSA) is 49.0 Å². The molecule has 1 heterocycles. The maximum Gasteiger partial charge on any atom is 0.240 e. The van der Waals surface area contributed by atoms with Gasteiger partial charge in [-0.3, -0.25) is 4.79 Å². The second kappa shape index (κ2) is 7.53. The maximum atomic E-state index is 13.0. The van der Waals surface area contributed by atoms with Gasteiger partial charge in [-0.05, 0) is 48.9 Å². The van der Waals surface area contributed by atoms with E-state index in [4.69, 9.17) is 0 Å². The average Bonchev–Trinajstić information content (AvgIpc) is 3.10. The Labute approximate surface area is 150 Å². The van der Waals surface area contributed by atoms with Crippen molar-refractivity contribution in [2.45, 2.75) is 17.3 Å². The Morgan fingerprint density at radius 3 is 2.52 bits per heavy atom. The van der Waals surface area contributed by atoms with E-state index in [1.807, 2.05) is 37.3 Å². The number of amides is 1. The SMILES string of the molecule is CC(Sc1ncc(-c2ccc(F)cc2)[nH]1)C(=O)N(C)c1ccccc1. The molecule has 4 nitrogen and oxygen atoms in total. The van der Waals surface area contributed by atoms with Crippen LogP contribution in [0.2, 0.25) is 0 Å². The minimum atomic E-state index is -0.294. The van der Waals surface area contributed by atoms with Gasteiger partial charge in [-0.15, -0.1) is 0 Å². The van der Waals surface area contributed by atoms with Crippen LogP contribution in [0.4, 0.5) is 10.1 Å². The predicted octanol–water partition coefficient (Wildman–Crippen LogP) is 4.36. The Morgan fingerprint density at radius 2 is 1.84 bits per heavy atom. The Morgan fingerprint density at radius 1 is 1.16 bits per heavy atom. The zero-order chi connectivity index (χ0) is 17.8. The number of benzene rings is 2. The van der Waals surface area contributed by atoms with Crippen LogP contribution in [0, 0.1) is 5.82 Å². The summed E-state index contributed by atoms with van der Waals surface area (Å²) in [6, 6.07) is 15.7. The molecule has 128 valence electrons. The number of carbonyl (C=O) groups is 1. The lowest BCUT2D eigenvalue weighted by Crippen LogP contribution is -2.33. The smallest absolute Gasteiger partial charge is 0.240 e.